The molecule has 0 saturated heterocycles. The topological polar surface area (TPSA) is 47.3 Å². The van der Waals surface area contributed by atoms with Crippen molar-refractivity contribution in [2.45, 2.75) is 32.7 Å². The molecule has 0 aliphatic heterocycles. The zero-order valence-corrected chi connectivity index (χ0v) is 10.3. The Labute approximate surface area is 93.8 Å². The van der Waals surface area contributed by atoms with Crippen LogP contribution in [-0.4, -0.2) is 32.8 Å². The van der Waals surface area contributed by atoms with Crippen LogP contribution < -0.4 is 11.1 Å². The molecule has 0 heterocycles. The highest BCUT2D eigenvalue weighted by atomic mass is 16.5. The third kappa shape index (κ3) is 4.49. The fraction of sp³-hybridized carbons (Fsp3) is 1.00. The van der Waals surface area contributed by atoms with Crippen LogP contribution in [0.2, 0.25) is 0 Å². The van der Waals surface area contributed by atoms with Crippen molar-refractivity contribution in [2.75, 3.05) is 26.8 Å². The molecule has 3 N–H and O–H groups in total. The molecule has 1 fully saturated rings. The summed E-state index contributed by atoms with van der Waals surface area (Å²) in [5, 5.41) is 3.57. The second-order valence-electron chi connectivity index (χ2n) is 5.00. The summed E-state index contributed by atoms with van der Waals surface area (Å²) in [6.45, 7) is 7.10. The van der Waals surface area contributed by atoms with E-state index in [4.69, 9.17) is 10.5 Å². The number of hydrogen-bond acceptors (Lipinski definition) is 3. The maximum Gasteiger partial charge on any atom is 0.0503 e. The lowest BCUT2D eigenvalue weighted by molar-refractivity contribution is 0.139. The van der Waals surface area contributed by atoms with Crippen molar-refractivity contribution in [3.05, 3.63) is 0 Å². The van der Waals surface area contributed by atoms with Gasteiger partial charge in [-0.1, -0.05) is 13.8 Å². The second-order valence-corrected chi connectivity index (χ2v) is 5.00. The summed E-state index contributed by atoms with van der Waals surface area (Å²) in [6, 6.07) is 0.395. The lowest BCUT2D eigenvalue weighted by atomic mass is 10.0. The van der Waals surface area contributed by atoms with Gasteiger partial charge in [-0.15, -0.1) is 0 Å². The third-order valence-corrected chi connectivity index (χ3v) is 3.50. The fourth-order valence-electron chi connectivity index (χ4n) is 2.07. The highest BCUT2D eigenvalue weighted by Crippen LogP contribution is 2.36. The molecule has 1 saturated carbocycles. The van der Waals surface area contributed by atoms with Crippen LogP contribution in [0.5, 0.6) is 0 Å². The van der Waals surface area contributed by atoms with Gasteiger partial charge in [-0.3, -0.25) is 0 Å². The Morgan fingerprint density at radius 2 is 2.07 bits per heavy atom. The lowest BCUT2D eigenvalue weighted by Gasteiger charge is -2.25. The van der Waals surface area contributed by atoms with Gasteiger partial charge in [-0.05, 0) is 37.1 Å². The highest BCUT2D eigenvalue weighted by Gasteiger charge is 2.28. The quantitative estimate of drug-likeness (QED) is 0.639. The van der Waals surface area contributed by atoms with Gasteiger partial charge in [-0.25, -0.2) is 0 Å². The normalized spacial score (nSPS) is 22.4. The van der Waals surface area contributed by atoms with Gasteiger partial charge in [-0.2, -0.15) is 0 Å². The summed E-state index contributed by atoms with van der Waals surface area (Å²) in [4.78, 5) is 0. The van der Waals surface area contributed by atoms with Gasteiger partial charge >= 0.3 is 0 Å². The molecule has 0 radical (unpaired) electrons. The molecule has 0 aromatic carbocycles. The van der Waals surface area contributed by atoms with Crippen LogP contribution in [-0.2, 0) is 4.74 Å². The summed E-state index contributed by atoms with van der Waals surface area (Å²) in [6.07, 6.45) is 2.84. The number of rotatable bonds is 8. The molecule has 1 aliphatic rings. The van der Waals surface area contributed by atoms with E-state index in [9.17, 15) is 0 Å². The molecule has 3 nitrogen and oxygen atoms in total. The average Bonchev–Trinajstić information content (AvgIpc) is 3.02. The lowest BCUT2D eigenvalue weighted by Crippen LogP contribution is -2.44. The Morgan fingerprint density at radius 3 is 2.53 bits per heavy atom. The maximum absolute atomic E-state index is 5.76. The largest absolute Gasteiger partial charge is 0.384 e. The molecule has 3 atom stereocenters. The molecule has 0 amide bonds. The molecule has 15 heavy (non-hydrogen) atoms. The Balaban J connectivity index is 2.19. The van der Waals surface area contributed by atoms with Gasteiger partial charge < -0.3 is 15.8 Å². The van der Waals surface area contributed by atoms with Crippen LogP contribution in [0.15, 0.2) is 0 Å². The Morgan fingerprint density at radius 1 is 1.40 bits per heavy atom. The monoisotopic (exact) mass is 214 g/mol. The summed E-state index contributed by atoms with van der Waals surface area (Å²) < 4.78 is 5.16. The van der Waals surface area contributed by atoms with Crippen molar-refractivity contribution in [3.63, 3.8) is 0 Å². The smallest absolute Gasteiger partial charge is 0.0503 e. The third-order valence-electron chi connectivity index (χ3n) is 3.50. The Hall–Kier alpha value is -0.120. The van der Waals surface area contributed by atoms with Crippen LogP contribution in [0.4, 0.5) is 0 Å². The van der Waals surface area contributed by atoms with E-state index in [0.717, 1.165) is 25.0 Å². The van der Waals surface area contributed by atoms with Crippen LogP contribution in [0.1, 0.15) is 26.7 Å². The standard InChI is InChI=1S/C12H26N2O/c1-9(11-4-5-11)7-14-12(6-13)10(2)8-15-3/h9-12,14H,4-8,13H2,1-3H3. The van der Waals surface area contributed by atoms with E-state index in [-0.39, 0.29) is 0 Å². The van der Waals surface area contributed by atoms with E-state index in [0.29, 0.717) is 18.5 Å². The Kier molecular flexibility index (Phi) is 5.58. The van der Waals surface area contributed by atoms with Gasteiger partial charge in [0.15, 0.2) is 0 Å². The first-order valence-corrected chi connectivity index (χ1v) is 6.11. The fourth-order valence-corrected chi connectivity index (χ4v) is 2.07. The van der Waals surface area contributed by atoms with Gasteiger partial charge in [0.25, 0.3) is 0 Å². The number of nitrogens with two attached hydrogens (primary N) is 1. The maximum atomic E-state index is 5.76. The van der Waals surface area contributed by atoms with Gasteiger partial charge in [0.05, 0.1) is 6.61 Å². The number of hydrogen-bond donors (Lipinski definition) is 2. The van der Waals surface area contributed by atoms with Crippen molar-refractivity contribution >= 4 is 0 Å². The molecular formula is C12H26N2O. The summed E-state index contributed by atoms with van der Waals surface area (Å²) in [5.74, 6) is 2.26. The van der Waals surface area contributed by atoms with Gasteiger partial charge in [0.1, 0.15) is 0 Å². The number of methoxy groups -OCH3 is 1. The summed E-state index contributed by atoms with van der Waals surface area (Å²) in [5.41, 5.74) is 5.76. The molecule has 90 valence electrons. The van der Waals surface area contributed by atoms with Crippen molar-refractivity contribution < 1.29 is 4.74 Å². The van der Waals surface area contributed by atoms with E-state index >= 15 is 0 Å². The number of nitrogens with one attached hydrogen (secondary N) is 1. The first-order chi connectivity index (χ1) is 7.19. The summed E-state index contributed by atoms with van der Waals surface area (Å²) >= 11 is 0. The highest BCUT2D eigenvalue weighted by molar-refractivity contribution is 4.82. The first-order valence-electron chi connectivity index (χ1n) is 6.11. The van der Waals surface area contributed by atoms with E-state index in [1.807, 2.05) is 0 Å². The minimum absolute atomic E-state index is 0.395. The van der Waals surface area contributed by atoms with Gasteiger partial charge in [0.2, 0.25) is 0 Å². The number of ether oxygens (including phenoxy) is 1. The van der Waals surface area contributed by atoms with E-state index in [1.54, 1.807) is 7.11 Å². The molecule has 1 aliphatic carbocycles. The van der Waals surface area contributed by atoms with Crippen molar-refractivity contribution in [2.24, 2.45) is 23.5 Å². The molecule has 3 heteroatoms. The minimum atomic E-state index is 0.395. The minimum Gasteiger partial charge on any atom is -0.384 e. The predicted molar refractivity (Wildman–Crippen MR) is 63.8 cm³/mol. The molecular weight excluding hydrogens is 188 g/mol. The van der Waals surface area contributed by atoms with Crippen LogP contribution in [0.25, 0.3) is 0 Å². The molecule has 0 aromatic rings. The van der Waals surface area contributed by atoms with Crippen LogP contribution in [0.3, 0.4) is 0 Å². The molecule has 0 aromatic heterocycles. The molecule has 3 unspecified atom stereocenters. The summed E-state index contributed by atoms with van der Waals surface area (Å²) in [7, 11) is 1.75. The molecule has 1 rings (SSSR count). The van der Waals surface area contributed by atoms with Crippen molar-refractivity contribution in [1.82, 2.24) is 5.32 Å². The Bertz CT molecular complexity index is 171. The van der Waals surface area contributed by atoms with Crippen LogP contribution in [0, 0.1) is 17.8 Å². The van der Waals surface area contributed by atoms with Crippen molar-refractivity contribution in [1.29, 1.82) is 0 Å². The van der Waals surface area contributed by atoms with E-state index < -0.39 is 0 Å². The molecule has 0 spiro atoms. The second kappa shape index (κ2) is 6.46. The first kappa shape index (κ1) is 12.9. The molecule has 0 bridgehead atoms. The van der Waals surface area contributed by atoms with E-state index in [2.05, 4.69) is 19.2 Å². The zero-order valence-electron chi connectivity index (χ0n) is 10.3. The average molecular weight is 214 g/mol. The van der Waals surface area contributed by atoms with Crippen molar-refractivity contribution in [3.8, 4) is 0 Å². The zero-order chi connectivity index (χ0) is 11.3. The van der Waals surface area contributed by atoms with Gasteiger partial charge in [0, 0.05) is 19.7 Å². The van der Waals surface area contributed by atoms with E-state index in [1.165, 1.54) is 12.8 Å². The SMILES string of the molecule is COCC(C)C(CN)NCC(C)C1CC1. The van der Waals surface area contributed by atoms with Crippen LogP contribution >= 0.6 is 0 Å². The predicted octanol–water partition coefficient (Wildman–Crippen LogP) is 1.23.